The Kier molecular flexibility index (Phi) is 4.42. The Morgan fingerprint density at radius 2 is 2.10 bits per heavy atom. The van der Waals surface area contributed by atoms with Crippen molar-refractivity contribution in [3.8, 4) is 0 Å². The van der Waals surface area contributed by atoms with Crippen LogP contribution in [-0.4, -0.2) is 17.8 Å². The number of thiazole rings is 1. The van der Waals surface area contributed by atoms with Gasteiger partial charge in [-0.15, -0.1) is 0 Å². The third kappa shape index (κ3) is 3.29. The van der Waals surface area contributed by atoms with Crippen molar-refractivity contribution in [3.63, 3.8) is 0 Å². The van der Waals surface area contributed by atoms with Gasteiger partial charge in [0.25, 0.3) is 0 Å². The fourth-order valence-corrected chi connectivity index (χ4v) is 3.30. The molecule has 0 amide bonds. The average molecular weight is 306 g/mol. The van der Waals surface area contributed by atoms with Crippen LogP contribution in [0.2, 0.25) is 0 Å². The second-order valence-corrected chi connectivity index (χ2v) is 6.81. The summed E-state index contributed by atoms with van der Waals surface area (Å²) in [4.78, 5) is 18.4. The number of anilines is 2. The van der Waals surface area contributed by atoms with E-state index in [0.717, 1.165) is 22.8 Å². The molecule has 3 nitrogen and oxygen atoms in total. The van der Waals surface area contributed by atoms with E-state index in [0.29, 0.717) is 11.4 Å². The first-order valence-electron chi connectivity index (χ1n) is 6.86. The highest BCUT2D eigenvalue weighted by Gasteiger charge is 2.25. The zero-order valence-electron chi connectivity index (χ0n) is 12.7. The van der Waals surface area contributed by atoms with Crippen molar-refractivity contribution in [1.82, 2.24) is 4.98 Å². The molecular weight excluding hydrogens is 287 g/mol. The number of nitrogens with zero attached hydrogens (tertiary/aromatic N) is 2. The molecule has 1 aromatic heterocycles. The van der Waals surface area contributed by atoms with Crippen LogP contribution in [0.25, 0.3) is 0 Å². The van der Waals surface area contributed by atoms with E-state index in [1.165, 1.54) is 23.5 Å². The molecular formula is C16H19FN2OS. The van der Waals surface area contributed by atoms with Gasteiger partial charge in [0.1, 0.15) is 5.82 Å². The van der Waals surface area contributed by atoms with Gasteiger partial charge in [-0.25, -0.2) is 9.37 Å². The van der Waals surface area contributed by atoms with Gasteiger partial charge in [0, 0.05) is 17.6 Å². The number of aldehydes is 1. The topological polar surface area (TPSA) is 33.2 Å². The van der Waals surface area contributed by atoms with Crippen LogP contribution in [0.3, 0.4) is 0 Å². The number of hydrogen-bond donors (Lipinski definition) is 0. The van der Waals surface area contributed by atoms with Crippen molar-refractivity contribution in [2.75, 3.05) is 11.4 Å². The number of halogens is 1. The molecule has 0 aliphatic carbocycles. The van der Waals surface area contributed by atoms with Crippen molar-refractivity contribution >= 4 is 28.4 Å². The van der Waals surface area contributed by atoms with Crippen molar-refractivity contribution in [1.29, 1.82) is 0 Å². The van der Waals surface area contributed by atoms with E-state index >= 15 is 0 Å². The summed E-state index contributed by atoms with van der Waals surface area (Å²) in [5.74, 6) is -0.283. The first kappa shape index (κ1) is 15.6. The van der Waals surface area contributed by atoms with E-state index in [9.17, 15) is 9.18 Å². The van der Waals surface area contributed by atoms with E-state index < -0.39 is 0 Å². The van der Waals surface area contributed by atoms with Gasteiger partial charge in [0.05, 0.1) is 10.6 Å². The maximum absolute atomic E-state index is 13.4. The third-order valence-electron chi connectivity index (χ3n) is 3.13. The molecule has 0 fully saturated rings. The lowest BCUT2D eigenvalue weighted by Gasteiger charge is -2.20. The smallest absolute Gasteiger partial charge is 0.190 e. The second-order valence-electron chi connectivity index (χ2n) is 5.80. The molecule has 0 aliphatic heterocycles. The van der Waals surface area contributed by atoms with Crippen molar-refractivity contribution in [2.24, 2.45) is 0 Å². The number of aromatic nitrogens is 1. The summed E-state index contributed by atoms with van der Waals surface area (Å²) in [5.41, 5.74) is 1.32. The highest BCUT2D eigenvalue weighted by Crippen LogP contribution is 2.35. The molecule has 0 radical (unpaired) electrons. The van der Waals surface area contributed by atoms with E-state index in [1.807, 2.05) is 38.7 Å². The van der Waals surface area contributed by atoms with Gasteiger partial charge in [-0.2, -0.15) is 0 Å². The largest absolute Gasteiger partial charge is 0.318 e. The Balaban J connectivity index is 2.49. The number of rotatable bonds is 4. The summed E-state index contributed by atoms with van der Waals surface area (Å²) in [6.07, 6.45) is 0.848. The predicted octanol–water partition coefficient (Wildman–Crippen LogP) is 4.55. The molecule has 0 bridgehead atoms. The maximum Gasteiger partial charge on any atom is 0.190 e. The van der Waals surface area contributed by atoms with Crippen LogP contribution < -0.4 is 4.90 Å². The van der Waals surface area contributed by atoms with Gasteiger partial charge < -0.3 is 4.90 Å². The van der Waals surface area contributed by atoms with Gasteiger partial charge >= 0.3 is 0 Å². The summed E-state index contributed by atoms with van der Waals surface area (Å²) in [6.45, 7) is 8.70. The zero-order chi connectivity index (χ0) is 15.6. The maximum atomic E-state index is 13.4. The van der Waals surface area contributed by atoms with E-state index in [-0.39, 0.29) is 11.2 Å². The number of hydrogen-bond acceptors (Lipinski definition) is 4. The van der Waals surface area contributed by atoms with Crippen LogP contribution >= 0.6 is 11.3 Å². The van der Waals surface area contributed by atoms with Gasteiger partial charge in [-0.1, -0.05) is 38.2 Å². The summed E-state index contributed by atoms with van der Waals surface area (Å²) in [7, 11) is 0. The Labute approximate surface area is 128 Å². The lowest BCUT2D eigenvalue weighted by atomic mass is 9.91. The molecule has 0 unspecified atom stereocenters. The van der Waals surface area contributed by atoms with Gasteiger partial charge in [-0.3, -0.25) is 4.79 Å². The molecule has 1 aromatic carbocycles. The first-order valence-corrected chi connectivity index (χ1v) is 7.68. The van der Waals surface area contributed by atoms with E-state index in [2.05, 4.69) is 4.98 Å². The van der Waals surface area contributed by atoms with Crippen molar-refractivity contribution < 1.29 is 9.18 Å². The van der Waals surface area contributed by atoms with Gasteiger partial charge in [-0.05, 0) is 25.1 Å². The minimum Gasteiger partial charge on any atom is -0.318 e. The summed E-state index contributed by atoms with van der Waals surface area (Å²) >= 11 is 1.34. The quantitative estimate of drug-likeness (QED) is 0.777. The highest BCUT2D eigenvalue weighted by atomic mass is 32.1. The van der Waals surface area contributed by atoms with E-state index in [1.54, 1.807) is 6.07 Å². The second kappa shape index (κ2) is 5.93. The van der Waals surface area contributed by atoms with Crippen LogP contribution in [-0.2, 0) is 5.41 Å². The summed E-state index contributed by atoms with van der Waals surface area (Å²) in [5, 5.41) is 0.718. The molecule has 0 saturated heterocycles. The molecule has 2 rings (SSSR count). The molecule has 0 atom stereocenters. The lowest BCUT2D eigenvalue weighted by molar-refractivity contribution is 0.112. The van der Waals surface area contributed by atoms with Crippen LogP contribution in [0, 0.1) is 5.82 Å². The van der Waals surface area contributed by atoms with Gasteiger partial charge in [0.15, 0.2) is 11.4 Å². The molecule has 1 heterocycles. The monoisotopic (exact) mass is 306 g/mol. The van der Waals surface area contributed by atoms with Crippen LogP contribution in [0.1, 0.15) is 43.1 Å². The highest BCUT2D eigenvalue weighted by molar-refractivity contribution is 7.17. The van der Waals surface area contributed by atoms with Crippen LogP contribution in [0.5, 0.6) is 0 Å². The minimum absolute atomic E-state index is 0.202. The lowest BCUT2D eigenvalue weighted by Crippen LogP contribution is -2.18. The fraction of sp³-hybridized carbons (Fsp3) is 0.375. The Bertz CT molecular complexity index is 646. The molecule has 112 valence electrons. The van der Waals surface area contributed by atoms with Crippen LogP contribution in [0.4, 0.5) is 15.2 Å². The average Bonchev–Trinajstić information content (AvgIpc) is 2.84. The van der Waals surface area contributed by atoms with Crippen molar-refractivity contribution in [3.05, 3.63) is 40.7 Å². The number of carbonyl (C=O) groups is 1. The molecule has 21 heavy (non-hydrogen) atoms. The Morgan fingerprint density at radius 1 is 1.38 bits per heavy atom. The standard InChI is InChI=1S/C16H19FN2OS/c1-5-19(12-8-6-7-11(17)9-12)15-18-14(16(2,3)4)13(10-20)21-15/h6-10H,5H2,1-4H3. The predicted molar refractivity (Wildman–Crippen MR) is 85.3 cm³/mol. The van der Waals surface area contributed by atoms with Crippen LogP contribution in [0.15, 0.2) is 24.3 Å². The zero-order valence-corrected chi connectivity index (χ0v) is 13.5. The Morgan fingerprint density at radius 3 is 2.57 bits per heavy atom. The molecule has 0 spiro atoms. The van der Waals surface area contributed by atoms with E-state index in [4.69, 9.17) is 0 Å². The SMILES string of the molecule is CCN(c1cccc(F)c1)c1nc(C(C)(C)C)c(C=O)s1. The minimum atomic E-state index is -0.283. The molecule has 0 N–H and O–H groups in total. The normalized spacial score (nSPS) is 11.5. The van der Waals surface area contributed by atoms with Crippen molar-refractivity contribution in [2.45, 2.75) is 33.1 Å². The summed E-state index contributed by atoms with van der Waals surface area (Å²) < 4.78 is 13.4. The number of carbonyl (C=O) groups excluding carboxylic acids is 1. The molecule has 2 aromatic rings. The third-order valence-corrected chi connectivity index (χ3v) is 4.13. The fourth-order valence-electron chi connectivity index (χ4n) is 2.13. The summed E-state index contributed by atoms with van der Waals surface area (Å²) in [6, 6.07) is 6.40. The van der Waals surface area contributed by atoms with Gasteiger partial charge in [0.2, 0.25) is 0 Å². The molecule has 0 aliphatic rings. The Hall–Kier alpha value is -1.75. The molecule has 5 heteroatoms. The number of benzene rings is 1. The first-order chi connectivity index (χ1) is 9.86. The molecule has 0 saturated carbocycles.